The molecule has 7 heteroatoms. The lowest BCUT2D eigenvalue weighted by Gasteiger charge is -2.23. The Morgan fingerprint density at radius 2 is 2.00 bits per heavy atom. The second-order valence-electron chi connectivity index (χ2n) is 7.40. The quantitative estimate of drug-likeness (QED) is 0.478. The van der Waals surface area contributed by atoms with E-state index in [4.69, 9.17) is 4.42 Å². The molecule has 1 aromatic carbocycles. The molecule has 0 bridgehead atoms. The van der Waals surface area contributed by atoms with Gasteiger partial charge < -0.3 is 25.1 Å². The van der Waals surface area contributed by atoms with Crippen molar-refractivity contribution in [1.82, 2.24) is 15.5 Å². The number of halogens is 1. The highest BCUT2D eigenvalue weighted by Gasteiger charge is 2.27. The molecule has 2 aromatic rings. The Labute approximate surface area is 166 Å². The molecule has 0 amide bonds. The molecule has 6 nitrogen and oxygen atoms in total. The Balaban J connectivity index is 2.06. The van der Waals surface area contributed by atoms with Crippen LogP contribution in [0.5, 0.6) is 0 Å². The lowest BCUT2D eigenvalue weighted by molar-refractivity contribution is 0.0378. The molecule has 1 heterocycles. The maximum Gasteiger partial charge on any atom is 0.191 e. The number of guanidine groups is 1. The third-order valence-electron chi connectivity index (χ3n) is 4.23. The van der Waals surface area contributed by atoms with Crippen molar-refractivity contribution in [2.75, 3.05) is 27.2 Å². The van der Waals surface area contributed by atoms with E-state index in [-0.39, 0.29) is 12.4 Å². The highest BCUT2D eigenvalue weighted by molar-refractivity contribution is 5.79. The summed E-state index contributed by atoms with van der Waals surface area (Å²) in [6.45, 7) is 7.36. The van der Waals surface area contributed by atoms with Crippen LogP contribution in [0, 0.1) is 12.7 Å². The zero-order valence-electron chi connectivity index (χ0n) is 17.3. The van der Waals surface area contributed by atoms with Gasteiger partial charge in [0.2, 0.25) is 0 Å². The van der Waals surface area contributed by atoms with Crippen molar-refractivity contribution in [2.45, 2.75) is 39.5 Å². The Morgan fingerprint density at radius 3 is 2.61 bits per heavy atom. The van der Waals surface area contributed by atoms with Crippen LogP contribution in [0.3, 0.4) is 0 Å². The third-order valence-corrected chi connectivity index (χ3v) is 4.23. The predicted octanol–water partition coefficient (Wildman–Crippen LogP) is 2.75. The van der Waals surface area contributed by atoms with Gasteiger partial charge in [-0.2, -0.15) is 0 Å². The van der Waals surface area contributed by atoms with Crippen molar-refractivity contribution in [3.8, 4) is 0 Å². The molecule has 0 aliphatic heterocycles. The molecule has 1 unspecified atom stereocenters. The van der Waals surface area contributed by atoms with E-state index < -0.39 is 5.60 Å². The maximum absolute atomic E-state index is 13.9. The molecule has 0 radical (unpaired) electrons. The standard InChI is InChI=1S/C21H31FN4O2/c1-6-23-20(25-14-21(3,27)19-10-7-15(2)28-19)24-12-16-8-9-18(22)17(11-16)13-26(4)5/h7-11,27H,6,12-14H2,1-5H3,(H2,23,24,25). The van der Waals surface area contributed by atoms with Crippen LogP contribution in [0.25, 0.3) is 0 Å². The number of nitrogens with one attached hydrogen (secondary N) is 2. The Bertz CT molecular complexity index is 799. The fraction of sp³-hybridized carbons (Fsp3) is 0.476. The van der Waals surface area contributed by atoms with Crippen LogP contribution in [0.1, 0.15) is 36.5 Å². The molecule has 0 saturated carbocycles. The molecule has 0 fully saturated rings. The van der Waals surface area contributed by atoms with Crippen LogP contribution in [-0.4, -0.2) is 43.2 Å². The van der Waals surface area contributed by atoms with E-state index in [9.17, 15) is 9.50 Å². The lowest BCUT2D eigenvalue weighted by Crippen LogP contribution is -2.44. The number of hydrogen-bond acceptors (Lipinski definition) is 4. The predicted molar refractivity (Wildman–Crippen MR) is 110 cm³/mol. The van der Waals surface area contributed by atoms with Gasteiger partial charge in [-0.25, -0.2) is 9.38 Å². The number of hydrogen-bond donors (Lipinski definition) is 3. The van der Waals surface area contributed by atoms with E-state index in [0.717, 1.165) is 11.3 Å². The number of furan rings is 1. The highest BCUT2D eigenvalue weighted by Crippen LogP contribution is 2.21. The number of aliphatic imine (C=N–C) groups is 1. The Hall–Kier alpha value is -2.38. The fourth-order valence-electron chi connectivity index (χ4n) is 2.77. The van der Waals surface area contributed by atoms with E-state index in [0.29, 0.717) is 36.9 Å². The van der Waals surface area contributed by atoms with Crippen LogP contribution >= 0.6 is 0 Å². The van der Waals surface area contributed by atoms with Crippen molar-refractivity contribution < 1.29 is 13.9 Å². The largest absolute Gasteiger partial charge is 0.463 e. The first-order valence-electron chi connectivity index (χ1n) is 9.44. The van der Waals surface area contributed by atoms with Crippen LogP contribution in [-0.2, 0) is 18.7 Å². The minimum absolute atomic E-state index is 0.212. The summed E-state index contributed by atoms with van der Waals surface area (Å²) in [7, 11) is 3.81. The van der Waals surface area contributed by atoms with Gasteiger partial charge >= 0.3 is 0 Å². The monoisotopic (exact) mass is 390 g/mol. The first-order chi connectivity index (χ1) is 13.2. The number of aryl methyl sites for hydroxylation is 1. The smallest absolute Gasteiger partial charge is 0.191 e. The van der Waals surface area contributed by atoms with Crippen LogP contribution in [0.15, 0.2) is 39.7 Å². The Kier molecular flexibility index (Phi) is 7.60. The molecule has 2 rings (SSSR count). The summed E-state index contributed by atoms with van der Waals surface area (Å²) in [5, 5.41) is 17.0. The van der Waals surface area contributed by atoms with Crippen LogP contribution in [0.2, 0.25) is 0 Å². The van der Waals surface area contributed by atoms with Gasteiger partial charge in [0.05, 0.1) is 13.1 Å². The fourth-order valence-corrected chi connectivity index (χ4v) is 2.77. The molecule has 0 saturated heterocycles. The normalized spacial score (nSPS) is 14.2. The lowest BCUT2D eigenvalue weighted by atomic mass is 10.0. The third kappa shape index (κ3) is 6.35. The van der Waals surface area contributed by atoms with Crippen molar-refractivity contribution in [1.29, 1.82) is 0 Å². The van der Waals surface area contributed by atoms with Gasteiger partial charge in [0.25, 0.3) is 0 Å². The summed E-state index contributed by atoms with van der Waals surface area (Å²) in [6.07, 6.45) is 0. The van der Waals surface area contributed by atoms with Crippen molar-refractivity contribution in [3.05, 3.63) is 58.8 Å². The molecule has 28 heavy (non-hydrogen) atoms. The SMILES string of the molecule is CCNC(=NCc1ccc(F)c(CN(C)C)c1)NCC(C)(O)c1ccc(C)o1. The molecule has 0 aliphatic rings. The van der Waals surface area contributed by atoms with Gasteiger partial charge in [-0.15, -0.1) is 0 Å². The highest BCUT2D eigenvalue weighted by atomic mass is 19.1. The minimum atomic E-state index is -1.17. The summed E-state index contributed by atoms with van der Waals surface area (Å²) in [5.74, 6) is 1.61. The van der Waals surface area contributed by atoms with Gasteiger partial charge in [-0.05, 0) is 64.7 Å². The van der Waals surface area contributed by atoms with Crippen LogP contribution in [0.4, 0.5) is 4.39 Å². The molecule has 154 valence electrons. The number of benzene rings is 1. The van der Waals surface area contributed by atoms with E-state index >= 15 is 0 Å². The van der Waals surface area contributed by atoms with Crippen molar-refractivity contribution >= 4 is 5.96 Å². The zero-order chi connectivity index (χ0) is 20.7. The summed E-state index contributed by atoms with van der Waals surface area (Å²) >= 11 is 0. The average molecular weight is 391 g/mol. The summed E-state index contributed by atoms with van der Waals surface area (Å²) in [6, 6.07) is 8.65. The molecule has 1 aromatic heterocycles. The molecular weight excluding hydrogens is 359 g/mol. The van der Waals surface area contributed by atoms with Crippen LogP contribution < -0.4 is 10.6 Å². The molecule has 0 aliphatic carbocycles. The average Bonchev–Trinajstić information content (AvgIpc) is 3.07. The summed E-state index contributed by atoms with van der Waals surface area (Å²) in [4.78, 5) is 6.48. The molecule has 0 spiro atoms. The first kappa shape index (κ1) is 21.9. The van der Waals surface area contributed by atoms with E-state index in [2.05, 4.69) is 15.6 Å². The Morgan fingerprint density at radius 1 is 1.25 bits per heavy atom. The zero-order valence-corrected chi connectivity index (χ0v) is 17.3. The van der Waals surface area contributed by atoms with Gasteiger partial charge in [-0.3, -0.25) is 0 Å². The minimum Gasteiger partial charge on any atom is -0.463 e. The number of rotatable bonds is 8. The van der Waals surface area contributed by atoms with Gasteiger partial charge in [0, 0.05) is 18.7 Å². The summed E-state index contributed by atoms with van der Waals surface area (Å²) < 4.78 is 19.5. The topological polar surface area (TPSA) is 73.0 Å². The summed E-state index contributed by atoms with van der Waals surface area (Å²) in [5.41, 5.74) is 0.398. The van der Waals surface area contributed by atoms with E-state index in [1.807, 2.05) is 45.0 Å². The maximum atomic E-state index is 13.9. The number of nitrogens with zero attached hydrogens (tertiary/aromatic N) is 2. The van der Waals surface area contributed by atoms with Gasteiger partial charge in [0.1, 0.15) is 22.9 Å². The second kappa shape index (κ2) is 9.71. The molecular formula is C21H31FN4O2. The molecule has 1 atom stereocenters. The second-order valence-corrected chi connectivity index (χ2v) is 7.40. The van der Waals surface area contributed by atoms with Crippen molar-refractivity contribution in [2.24, 2.45) is 4.99 Å². The van der Waals surface area contributed by atoms with E-state index in [1.165, 1.54) is 6.07 Å². The van der Waals surface area contributed by atoms with Gasteiger partial charge in [-0.1, -0.05) is 6.07 Å². The molecule has 3 N–H and O–H groups in total. The van der Waals surface area contributed by atoms with Crippen molar-refractivity contribution in [3.63, 3.8) is 0 Å². The van der Waals surface area contributed by atoms with E-state index in [1.54, 1.807) is 19.1 Å². The first-order valence-corrected chi connectivity index (χ1v) is 9.44. The number of aliphatic hydroxyl groups is 1. The van der Waals surface area contributed by atoms with Gasteiger partial charge in [0.15, 0.2) is 5.96 Å².